The fourth-order valence-electron chi connectivity index (χ4n) is 2.24. The molecular weight excluding hydrogens is 309 g/mol. The molecule has 0 radical (unpaired) electrons. The van der Waals surface area contributed by atoms with Gasteiger partial charge in [0.1, 0.15) is 0 Å². The van der Waals surface area contributed by atoms with Gasteiger partial charge >= 0.3 is 0 Å². The van der Waals surface area contributed by atoms with E-state index in [1.807, 2.05) is 33.9 Å². The van der Waals surface area contributed by atoms with Crippen LogP contribution in [0.5, 0.6) is 0 Å². The first kappa shape index (κ1) is 15.9. The Morgan fingerprint density at radius 1 is 1.29 bits per heavy atom. The fourth-order valence-corrected chi connectivity index (χ4v) is 2.54. The summed E-state index contributed by atoms with van der Waals surface area (Å²) in [6, 6.07) is 5.16. The molecule has 1 atom stereocenters. The highest BCUT2D eigenvalue weighted by molar-refractivity contribution is 6.42. The van der Waals surface area contributed by atoms with Crippen LogP contribution in [0.2, 0.25) is 10.0 Å². The molecule has 1 aromatic carbocycles. The molecule has 0 bridgehead atoms. The first-order valence-corrected chi connectivity index (χ1v) is 7.33. The number of hydrogen-bond donors (Lipinski definition) is 1. The van der Waals surface area contributed by atoms with Crippen molar-refractivity contribution in [2.24, 2.45) is 7.05 Å². The smallest absolute Gasteiger partial charge is 0.255 e. The molecule has 1 heterocycles. The molecule has 6 heteroatoms. The van der Waals surface area contributed by atoms with Gasteiger partial charge < -0.3 is 5.32 Å². The molecule has 0 aliphatic heterocycles. The lowest BCUT2D eigenvalue weighted by atomic mass is 10.1. The van der Waals surface area contributed by atoms with Crippen molar-refractivity contribution in [2.45, 2.75) is 26.8 Å². The number of hydrogen-bond acceptors (Lipinski definition) is 2. The van der Waals surface area contributed by atoms with Crippen LogP contribution in [-0.4, -0.2) is 15.7 Å². The number of nitrogens with zero attached hydrogens (tertiary/aromatic N) is 2. The van der Waals surface area contributed by atoms with Gasteiger partial charge in [0.15, 0.2) is 0 Å². The van der Waals surface area contributed by atoms with Crippen LogP contribution >= 0.6 is 23.2 Å². The molecule has 1 aromatic heterocycles. The maximum absolute atomic E-state index is 12.4. The minimum Gasteiger partial charge on any atom is -0.345 e. The fraction of sp³-hybridized carbons (Fsp3) is 0.333. The van der Waals surface area contributed by atoms with Crippen LogP contribution in [0.4, 0.5) is 0 Å². The Labute approximate surface area is 134 Å². The number of benzene rings is 1. The maximum atomic E-state index is 12.4. The van der Waals surface area contributed by atoms with Crippen molar-refractivity contribution >= 4 is 29.1 Å². The predicted octanol–water partition coefficient (Wildman–Crippen LogP) is 3.83. The Hall–Kier alpha value is -1.52. The van der Waals surface area contributed by atoms with Gasteiger partial charge in [0.2, 0.25) is 0 Å². The molecule has 0 saturated carbocycles. The average Bonchev–Trinajstić information content (AvgIpc) is 2.66. The molecule has 2 aromatic rings. The molecule has 112 valence electrons. The molecule has 0 fully saturated rings. The monoisotopic (exact) mass is 325 g/mol. The zero-order valence-electron chi connectivity index (χ0n) is 12.4. The summed E-state index contributed by atoms with van der Waals surface area (Å²) in [4.78, 5) is 12.4. The molecule has 0 aliphatic carbocycles. The highest BCUT2D eigenvalue weighted by atomic mass is 35.5. The predicted molar refractivity (Wildman–Crippen MR) is 85.0 cm³/mol. The van der Waals surface area contributed by atoms with E-state index < -0.39 is 0 Å². The van der Waals surface area contributed by atoms with Crippen LogP contribution in [0, 0.1) is 13.8 Å². The Morgan fingerprint density at radius 2 is 1.95 bits per heavy atom. The van der Waals surface area contributed by atoms with E-state index in [2.05, 4.69) is 10.4 Å². The Morgan fingerprint density at radius 3 is 2.48 bits per heavy atom. The van der Waals surface area contributed by atoms with Crippen molar-refractivity contribution in [2.75, 3.05) is 0 Å². The zero-order chi connectivity index (χ0) is 15.7. The van der Waals surface area contributed by atoms with Gasteiger partial charge in [-0.05, 0) is 38.5 Å². The molecule has 21 heavy (non-hydrogen) atoms. The summed E-state index contributed by atoms with van der Waals surface area (Å²) in [6.45, 7) is 5.60. The van der Waals surface area contributed by atoms with Gasteiger partial charge in [0, 0.05) is 12.7 Å². The van der Waals surface area contributed by atoms with Crippen molar-refractivity contribution in [1.82, 2.24) is 15.1 Å². The summed E-state index contributed by atoms with van der Waals surface area (Å²) in [5, 5.41) is 8.19. The van der Waals surface area contributed by atoms with E-state index in [0.29, 0.717) is 21.3 Å². The van der Waals surface area contributed by atoms with Crippen LogP contribution < -0.4 is 5.32 Å². The molecule has 2 rings (SSSR count). The zero-order valence-corrected chi connectivity index (χ0v) is 13.9. The minimum atomic E-state index is -0.175. The number of carbonyl (C=O) groups is 1. The van der Waals surface area contributed by atoms with E-state index in [1.165, 1.54) is 0 Å². The molecular formula is C15H17Cl2N3O. The van der Waals surface area contributed by atoms with Crippen LogP contribution in [0.3, 0.4) is 0 Å². The number of halogens is 2. The molecule has 0 aliphatic rings. The lowest BCUT2D eigenvalue weighted by Crippen LogP contribution is -2.27. The van der Waals surface area contributed by atoms with Crippen molar-refractivity contribution in [3.63, 3.8) is 0 Å². The maximum Gasteiger partial charge on any atom is 0.255 e. The second kappa shape index (κ2) is 6.08. The molecule has 0 saturated heterocycles. The van der Waals surface area contributed by atoms with Gasteiger partial charge in [-0.3, -0.25) is 9.48 Å². The third-order valence-corrected chi connectivity index (χ3v) is 4.27. The highest BCUT2D eigenvalue weighted by Crippen LogP contribution is 2.26. The number of aromatic nitrogens is 2. The van der Waals surface area contributed by atoms with E-state index in [9.17, 15) is 4.79 Å². The van der Waals surface area contributed by atoms with Crippen LogP contribution in [-0.2, 0) is 7.05 Å². The Kier molecular flexibility index (Phi) is 4.59. The van der Waals surface area contributed by atoms with Crippen LogP contribution in [0.1, 0.15) is 40.3 Å². The molecule has 1 amide bonds. The first-order chi connectivity index (χ1) is 9.81. The third-order valence-electron chi connectivity index (χ3n) is 3.53. The van der Waals surface area contributed by atoms with Gasteiger partial charge in [-0.2, -0.15) is 5.10 Å². The van der Waals surface area contributed by atoms with Gasteiger partial charge in [0.25, 0.3) is 5.91 Å². The minimum absolute atomic E-state index is 0.142. The number of rotatable bonds is 3. The largest absolute Gasteiger partial charge is 0.345 e. The quantitative estimate of drug-likeness (QED) is 0.932. The topological polar surface area (TPSA) is 46.9 Å². The summed E-state index contributed by atoms with van der Waals surface area (Å²) < 4.78 is 1.70. The second-order valence-corrected chi connectivity index (χ2v) is 5.85. The molecule has 0 spiro atoms. The number of carbonyl (C=O) groups excluding carboxylic acids is 1. The number of amides is 1. The van der Waals surface area contributed by atoms with Gasteiger partial charge in [-0.15, -0.1) is 0 Å². The van der Waals surface area contributed by atoms with E-state index in [-0.39, 0.29) is 11.9 Å². The standard InChI is InChI=1S/C15H17Cl2N3O/c1-8(11-5-6-12(16)13(17)7-11)18-15(21)14-9(2)19-20(4)10(14)3/h5-8H,1-4H3,(H,18,21). The van der Waals surface area contributed by atoms with E-state index in [1.54, 1.807) is 16.8 Å². The SMILES string of the molecule is Cc1nn(C)c(C)c1C(=O)NC(C)c1ccc(Cl)c(Cl)c1. The summed E-state index contributed by atoms with van der Waals surface area (Å²) in [7, 11) is 1.82. The highest BCUT2D eigenvalue weighted by Gasteiger charge is 2.19. The Balaban J connectivity index is 2.20. The first-order valence-electron chi connectivity index (χ1n) is 6.57. The normalized spacial score (nSPS) is 12.3. The van der Waals surface area contributed by atoms with E-state index in [4.69, 9.17) is 23.2 Å². The molecule has 1 unspecified atom stereocenters. The summed E-state index contributed by atoms with van der Waals surface area (Å²) in [5.74, 6) is -0.142. The van der Waals surface area contributed by atoms with Crippen molar-refractivity contribution < 1.29 is 4.79 Å². The average molecular weight is 326 g/mol. The second-order valence-electron chi connectivity index (χ2n) is 5.04. The number of nitrogens with one attached hydrogen (secondary N) is 1. The summed E-state index contributed by atoms with van der Waals surface area (Å²) in [6.07, 6.45) is 0. The third kappa shape index (κ3) is 3.22. The van der Waals surface area contributed by atoms with Gasteiger partial charge in [0.05, 0.1) is 27.3 Å². The molecule has 1 N–H and O–H groups in total. The number of aryl methyl sites for hydroxylation is 2. The van der Waals surface area contributed by atoms with Crippen LogP contribution in [0.15, 0.2) is 18.2 Å². The summed E-state index contributed by atoms with van der Waals surface area (Å²) in [5.41, 5.74) is 3.07. The van der Waals surface area contributed by atoms with Crippen molar-refractivity contribution in [3.05, 3.63) is 50.8 Å². The van der Waals surface area contributed by atoms with E-state index in [0.717, 1.165) is 11.3 Å². The lowest BCUT2D eigenvalue weighted by Gasteiger charge is -2.15. The van der Waals surface area contributed by atoms with Gasteiger partial charge in [-0.1, -0.05) is 29.3 Å². The van der Waals surface area contributed by atoms with Crippen molar-refractivity contribution in [3.8, 4) is 0 Å². The van der Waals surface area contributed by atoms with E-state index >= 15 is 0 Å². The van der Waals surface area contributed by atoms with Gasteiger partial charge in [-0.25, -0.2) is 0 Å². The summed E-state index contributed by atoms with van der Waals surface area (Å²) >= 11 is 11.9. The van der Waals surface area contributed by atoms with Crippen LogP contribution in [0.25, 0.3) is 0 Å². The molecule has 4 nitrogen and oxygen atoms in total. The lowest BCUT2D eigenvalue weighted by molar-refractivity contribution is 0.0938. The van der Waals surface area contributed by atoms with Crippen molar-refractivity contribution in [1.29, 1.82) is 0 Å². The Bertz CT molecular complexity index is 694.